The van der Waals surface area contributed by atoms with E-state index in [4.69, 9.17) is 4.74 Å². The number of rotatable bonds is 3. The fourth-order valence-corrected chi connectivity index (χ4v) is 4.86. The monoisotopic (exact) mass is 387 g/mol. The number of nitrogens with zero attached hydrogens (tertiary/aromatic N) is 5. The lowest BCUT2D eigenvalue weighted by Crippen LogP contribution is -2.52. The standard InChI is InChI=1S/C21H33N5O2/c1-16-14-17(2)23-21(22-16)25-8-5-19(6-9-25)26-7-3-4-18(15-26)20(27)24-10-12-28-13-11-24/h14,18-19H,3-13,15H2,1-2H3. The lowest BCUT2D eigenvalue weighted by Gasteiger charge is -2.43. The van der Waals surface area contributed by atoms with Crippen LogP contribution in [0.15, 0.2) is 6.07 Å². The highest BCUT2D eigenvalue weighted by molar-refractivity contribution is 5.79. The van der Waals surface area contributed by atoms with Crippen LogP contribution in [0.2, 0.25) is 0 Å². The van der Waals surface area contributed by atoms with Crippen LogP contribution >= 0.6 is 0 Å². The molecule has 3 saturated heterocycles. The van der Waals surface area contributed by atoms with E-state index < -0.39 is 0 Å². The Morgan fingerprint density at radius 2 is 1.68 bits per heavy atom. The molecular weight excluding hydrogens is 354 g/mol. The summed E-state index contributed by atoms with van der Waals surface area (Å²) < 4.78 is 5.40. The van der Waals surface area contributed by atoms with Gasteiger partial charge in [0.15, 0.2) is 0 Å². The van der Waals surface area contributed by atoms with Crippen molar-refractivity contribution in [3.63, 3.8) is 0 Å². The number of carbonyl (C=O) groups is 1. The molecule has 3 aliphatic rings. The van der Waals surface area contributed by atoms with E-state index in [1.807, 2.05) is 24.8 Å². The Labute approximate surface area is 168 Å². The van der Waals surface area contributed by atoms with Crippen molar-refractivity contribution >= 4 is 11.9 Å². The van der Waals surface area contributed by atoms with Crippen LogP contribution in [0, 0.1) is 19.8 Å². The van der Waals surface area contributed by atoms with Crippen molar-refractivity contribution < 1.29 is 9.53 Å². The lowest BCUT2D eigenvalue weighted by atomic mass is 9.92. The number of anilines is 1. The molecule has 7 heteroatoms. The van der Waals surface area contributed by atoms with Gasteiger partial charge in [-0.25, -0.2) is 9.97 Å². The zero-order valence-corrected chi connectivity index (χ0v) is 17.3. The molecule has 4 heterocycles. The molecule has 0 aromatic carbocycles. The molecule has 1 amide bonds. The first-order valence-electron chi connectivity index (χ1n) is 10.8. The van der Waals surface area contributed by atoms with E-state index in [0.717, 1.165) is 82.3 Å². The summed E-state index contributed by atoms with van der Waals surface area (Å²) >= 11 is 0. The summed E-state index contributed by atoms with van der Waals surface area (Å²) in [6, 6.07) is 2.60. The first kappa shape index (κ1) is 19.6. The maximum atomic E-state index is 12.9. The molecule has 28 heavy (non-hydrogen) atoms. The molecule has 1 aromatic rings. The Bertz CT molecular complexity index is 663. The zero-order valence-electron chi connectivity index (χ0n) is 17.3. The van der Waals surface area contributed by atoms with Crippen LogP contribution in [0.3, 0.4) is 0 Å². The first-order valence-corrected chi connectivity index (χ1v) is 10.8. The third-order valence-electron chi connectivity index (χ3n) is 6.36. The molecule has 0 radical (unpaired) electrons. The molecule has 3 aliphatic heterocycles. The minimum absolute atomic E-state index is 0.160. The number of amides is 1. The van der Waals surface area contributed by atoms with Gasteiger partial charge < -0.3 is 14.5 Å². The van der Waals surface area contributed by atoms with E-state index >= 15 is 0 Å². The normalized spacial score (nSPS) is 25.1. The third kappa shape index (κ3) is 4.46. The SMILES string of the molecule is Cc1cc(C)nc(N2CCC(N3CCCC(C(=O)N4CCOCC4)C3)CC2)n1. The van der Waals surface area contributed by atoms with E-state index in [0.29, 0.717) is 25.2 Å². The quantitative estimate of drug-likeness (QED) is 0.786. The molecule has 0 saturated carbocycles. The van der Waals surface area contributed by atoms with E-state index in [1.165, 1.54) is 0 Å². The van der Waals surface area contributed by atoms with Gasteiger partial charge in [-0.15, -0.1) is 0 Å². The number of hydrogen-bond acceptors (Lipinski definition) is 6. The van der Waals surface area contributed by atoms with Crippen molar-refractivity contribution in [2.24, 2.45) is 5.92 Å². The molecule has 1 atom stereocenters. The molecule has 0 aliphatic carbocycles. The van der Waals surface area contributed by atoms with Gasteiger partial charge in [0.25, 0.3) is 0 Å². The average molecular weight is 388 g/mol. The summed E-state index contributed by atoms with van der Waals surface area (Å²) in [5.41, 5.74) is 2.07. The van der Waals surface area contributed by atoms with Crippen LogP contribution in [0.5, 0.6) is 0 Å². The second kappa shape index (κ2) is 8.74. The van der Waals surface area contributed by atoms with Gasteiger partial charge in [0.05, 0.1) is 19.1 Å². The van der Waals surface area contributed by atoms with Crippen molar-refractivity contribution in [2.45, 2.75) is 45.6 Å². The summed E-state index contributed by atoms with van der Waals surface area (Å²) in [6.45, 7) is 11.0. The Morgan fingerprint density at radius 3 is 2.36 bits per heavy atom. The number of likely N-dealkylation sites (tertiary alicyclic amines) is 1. The highest BCUT2D eigenvalue weighted by atomic mass is 16.5. The van der Waals surface area contributed by atoms with Gasteiger partial charge in [0, 0.05) is 50.2 Å². The zero-order chi connectivity index (χ0) is 19.5. The highest BCUT2D eigenvalue weighted by Crippen LogP contribution is 2.26. The maximum Gasteiger partial charge on any atom is 0.227 e. The fourth-order valence-electron chi connectivity index (χ4n) is 4.86. The molecule has 7 nitrogen and oxygen atoms in total. The van der Waals surface area contributed by atoms with Gasteiger partial charge in [-0.05, 0) is 52.1 Å². The summed E-state index contributed by atoms with van der Waals surface area (Å²) in [4.78, 5) is 29.1. The van der Waals surface area contributed by atoms with Gasteiger partial charge in [0.1, 0.15) is 0 Å². The van der Waals surface area contributed by atoms with E-state index in [1.54, 1.807) is 0 Å². The highest BCUT2D eigenvalue weighted by Gasteiger charge is 2.34. The molecule has 1 unspecified atom stereocenters. The van der Waals surface area contributed by atoms with Crippen LogP contribution in [-0.2, 0) is 9.53 Å². The average Bonchev–Trinajstić information content (AvgIpc) is 2.73. The number of carbonyl (C=O) groups excluding carboxylic acids is 1. The number of hydrogen-bond donors (Lipinski definition) is 0. The Balaban J connectivity index is 1.32. The molecule has 0 bridgehead atoms. The predicted molar refractivity (Wildman–Crippen MR) is 108 cm³/mol. The second-order valence-electron chi connectivity index (χ2n) is 8.44. The van der Waals surface area contributed by atoms with Crippen molar-refractivity contribution in [1.82, 2.24) is 19.8 Å². The molecular formula is C21H33N5O2. The van der Waals surface area contributed by atoms with E-state index in [9.17, 15) is 4.79 Å². The number of morpholine rings is 1. The van der Waals surface area contributed by atoms with Crippen LogP contribution < -0.4 is 4.90 Å². The largest absolute Gasteiger partial charge is 0.378 e. The lowest BCUT2D eigenvalue weighted by molar-refractivity contribution is -0.141. The minimum Gasteiger partial charge on any atom is -0.378 e. The second-order valence-corrected chi connectivity index (χ2v) is 8.44. The van der Waals surface area contributed by atoms with Crippen molar-refractivity contribution in [3.8, 4) is 0 Å². The summed E-state index contributed by atoms with van der Waals surface area (Å²) in [5.74, 6) is 1.37. The van der Waals surface area contributed by atoms with E-state index in [2.05, 4.69) is 19.8 Å². The first-order chi connectivity index (χ1) is 13.6. The number of piperidine rings is 2. The molecule has 1 aromatic heterocycles. The fraction of sp³-hybridized carbons (Fsp3) is 0.762. The maximum absolute atomic E-state index is 12.9. The molecule has 3 fully saturated rings. The van der Waals surface area contributed by atoms with Crippen molar-refractivity contribution in [2.75, 3.05) is 57.4 Å². The van der Waals surface area contributed by atoms with Crippen LogP contribution in [0.25, 0.3) is 0 Å². The molecule has 154 valence electrons. The molecule has 0 N–H and O–H groups in total. The molecule has 4 rings (SSSR count). The predicted octanol–water partition coefficient (Wildman–Crippen LogP) is 1.63. The number of ether oxygens (including phenoxy) is 1. The number of aryl methyl sites for hydroxylation is 2. The number of aromatic nitrogens is 2. The summed E-state index contributed by atoms with van der Waals surface area (Å²) in [5, 5.41) is 0. The van der Waals surface area contributed by atoms with Gasteiger partial charge in [0.2, 0.25) is 11.9 Å². The Hall–Kier alpha value is -1.73. The van der Waals surface area contributed by atoms with Crippen LogP contribution in [-0.4, -0.2) is 84.2 Å². The van der Waals surface area contributed by atoms with Crippen molar-refractivity contribution in [3.05, 3.63) is 17.5 Å². The Morgan fingerprint density at radius 1 is 1.00 bits per heavy atom. The Kier molecular flexibility index (Phi) is 6.11. The van der Waals surface area contributed by atoms with E-state index in [-0.39, 0.29) is 5.92 Å². The van der Waals surface area contributed by atoms with Crippen molar-refractivity contribution in [1.29, 1.82) is 0 Å². The minimum atomic E-state index is 0.160. The summed E-state index contributed by atoms with van der Waals surface area (Å²) in [6.07, 6.45) is 4.40. The van der Waals surface area contributed by atoms with Gasteiger partial charge >= 0.3 is 0 Å². The van der Waals surface area contributed by atoms with Gasteiger partial charge in [-0.3, -0.25) is 9.69 Å². The van der Waals surface area contributed by atoms with Crippen LogP contribution in [0.1, 0.15) is 37.1 Å². The topological polar surface area (TPSA) is 61.8 Å². The van der Waals surface area contributed by atoms with Gasteiger partial charge in [-0.2, -0.15) is 0 Å². The van der Waals surface area contributed by atoms with Gasteiger partial charge in [-0.1, -0.05) is 0 Å². The summed E-state index contributed by atoms with van der Waals surface area (Å²) in [7, 11) is 0. The molecule has 0 spiro atoms. The smallest absolute Gasteiger partial charge is 0.227 e. The van der Waals surface area contributed by atoms with Crippen LogP contribution in [0.4, 0.5) is 5.95 Å². The third-order valence-corrected chi connectivity index (χ3v) is 6.36.